The highest BCUT2D eigenvalue weighted by Crippen LogP contribution is 2.21. The molecule has 7 heteroatoms. The number of rotatable bonds is 4. The van der Waals surface area contributed by atoms with Gasteiger partial charge in [0.25, 0.3) is 11.5 Å². The van der Waals surface area contributed by atoms with Crippen LogP contribution in [0, 0.1) is 0 Å². The maximum absolute atomic E-state index is 11.7. The second-order valence-electron chi connectivity index (χ2n) is 4.74. The molecule has 0 saturated carbocycles. The van der Waals surface area contributed by atoms with Crippen LogP contribution < -0.4 is 16.6 Å². The predicted octanol–water partition coefficient (Wildman–Crippen LogP) is 1.67. The lowest BCUT2D eigenvalue weighted by Crippen LogP contribution is -2.25. The summed E-state index contributed by atoms with van der Waals surface area (Å²) in [6.45, 7) is 0. The van der Waals surface area contributed by atoms with E-state index < -0.39 is 11.5 Å². The number of pyridine rings is 1. The Hall–Kier alpha value is -3.48. The van der Waals surface area contributed by atoms with Crippen molar-refractivity contribution >= 4 is 17.4 Å². The highest BCUT2D eigenvalue weighted by Gasteiger charge is 2.14. The molecule has 0 bridgehead atoms. The third-order valence-corrected chi connectivity index (χ3v) is 3.21. The minimum atomic E-state index is -0.841. The van der Waals surface area contributed by atoms with Crippen LogP contribution in [0.25, 0.3) is 11.3 Å². The number of primary amides is 1. The Kier molecular flexibility index (Phi) is 3.84. The van der Waals surface area contributed by atoms with Gasteiger partial charge >= 0.3 is 0 Å². The van der Waals surface area contributed by atoms with E-state index in [-0.39, 0.29) is 11.4 Å². The largest absolute Gasteiger partial charge is 0.365 e. The molecule has 114 valence electrons. The molecule has 0 aliphatic heterocycles. The van der Waals surface area contributed by atoms with E-state index in [1.807, 2.05) is 30.3 Å². The molecule has 7 nitrogen and oxygen atoms in total. The topological polar surface area (TPSA) is 114 Å². The SMILES string of the molecule is NC(=O)c1c(Nc2ccc(-c3ccccn3)cc2)nc[nH]c1=O. The number of hydrogen-bond donors (Lipinski definition) is 3. The first-order chi connectivity index (χ1) is 11.1. The molecular formula is C16H13N5O2. The van der Waals surface area contributed by atoms with Crippen LogP contribution in [0.15, 0.2) is 59.8 Å². The normalized spacial score (nSPS) is 10.3. The Morgan fingerprint density at radius 3 is 2.52 bits per heavy atom. The van der Waals surface area contributed by atoms with Gasteiger partial charge in [-0.05, 0) is 24.3 Å². The minimum absolute atomic E-state index is 0.117. The Morgan fingerprint density at radius 1 is 1.09 bits per heavy atom. The lowest BCUT2D eigenvalue weighted by Gasteiger charge is -2.08. The maximum Gasteiger partial charge on any atom is 0.265 e. The molecule has 0 fully saturated rings. The number of aromatic nitrogens is 3. The molecule has 2 aromatic heterocycles. The van der Waals surface area contributed by atoms with E-state index in [4.69, 9.17) is 5.73 Å². The van der Waals surface area contributed by atoms with E-state index in [1.165, 1.54) is 6.33 Å². The maximum atomic E-state index is 11.7. The number of aromatic amines is 1. The Labute approximate surface area is 131 Å². The van der Waals surface area contributed by atoms with Crippen LogP contribution in [0.1, 0.15) is 10.4 Å². The first-order valence-electron chi connectivity index (χ1n) is 6.81. The number of carbonyl (C=O) groups is 1. The smallest absolute Gasteiger partial charge is 0.265 e. The average Bonchev–Trinajstić information content (AvgIpc) is 2.56. The second-order valence-corrected chi connectivity index (χ2v) is 4.74. The summed E-state index contributed by atoms with van der Waals surface area (Å²) in [5.41, 5.74) is 6.91. The molecule has 3 aromatic rings. The number of nitrogens with two attached hydrogens (primary N) is 1. The molecule has 0 aliphatic rings. The zero-order chi connectivity index (χ0) is 16.2. The number of hydrogen-bond acceptors (Lipinski definition) is 5. The molecule has 0 radical (unpaired) electrons. The van der Waals surface area contributed by atoms with Gasteiger partial charge in [0.2, 0.25) is 0 Å². The third kappa shape index (κ3) is 3.08. The van der Waals surface area contributed by atoms with Gasteiger partial charge in [0.1, 0.15) is 5.56 Å². The number of nitrogens with one attached hydrogen (secondary N) is 2. The van der Waals surface area contributed by atoms with Crippen LogP contribution in [0.2, 0.25) is 0 Å². The molecule has 2 heterocycles. The summed E-state index contributed by atoms with van der Waals surface area (Å²) in [6.07, 6.45) is 2.93. The van der Waals surface area contributed by atoms with Crippen molar-refractivity contribution < 1.29 is 4.79 Å². The number of amides is 1. The fourth-order valence-electron chi connectivity index (χ4n) is 2.12. The van der Waals surface area contributed by atoms with Crippen LogP contribution in [-0.2, 0) is 0 Å². The molecule has 1 aromatic carbocycles. The standard InChI is InChI=1S/C16H13N5O2/c17-14(22)13-15(19-9-20-16(13)23)21-11-6-4-10(5-7-11)12-3-1-2-8-18-12/h1-9H,(H2,17,22)(H2,19,20,21,23). The molecule has 0 unspecified atom stereocenters. The lowest BCUT2D eigenvalue weighted by molar-refractivity contribution is 0.0999. The van der Waals surface area contributed by atoms with Crippen molar-refractivity contribution in [1.82, 2.24) is 15.0 Å². The van der Waals surface area contributed by atoms with Crippen molar-refractivity contribution in [3.63, 3.8) is 0 Å². The summed E-state index contributed by atoms with van der Waals surface area (Å²) >= 11 is 0. The van der Waals surface area contributed by atoms with E-state index in [2.05, 4.69) is 20.3 Å². The van der Waals surface area contributed by atoms with E-state index in [1.54, 1.807) is 18.3 Å². The summed E-state index contributed by atoms with van der Waals surface area (Å²) in [5, 5.41) is 2.92. The van der Waals surface area contributed by atoms with Gasteiger partial charge in [0.15, 0.2) is 5.82 Å². The van der Waals surface area contributed by atoms with Crippen LogP contribution in [-0.4, -0.2) is 20.9 Å². The van der Waals surface area contributed by atoms with E-state index in [0.717, 1.165) is 11.3 Å². The van der Waals surface area contributed by atoms with Crippen molar-refractivity contribution in [2.45, 2.75) is 0 Å². The van der Waals surface area contributed by atoms with Gasteiger partial charge in [-0.25, -0.2) is 4.98 Å². The zero-order valence-electron chi connectivity index (χ0n) is 12.0. The van der Waals surface area contributed by atoms with E-state index in [9.17, 15) is 9.59 Å². The molecule has 0 aliphatic carbocycles. The molecule has 0 atom stereocenters. The minimum Gasteiger partial charge on any atom is -0.365 e. The molecule has 23 heavy (non-hydrogen) atoms. The molecule has 3 rings (SSSR count). The summed E-state index contributed by atoms with van der Waals surface area (Å²) in [4.78, 5) is 33.6. The van der Waals surface area contributed by atoms with E-state index >= 15 is 0 Å². The fraction of sp³-hybridized carbons (Fsp3) is 0. The summed E-state index contributed by atoms with van der Waals surface area (Å²) in [7, 11) is 0. The van der Waals surface area contributed by atoms with Gasteiger partial charge in [-0.1, -0.05) is 18.2 Å². The number of nitrogens with zero attached hydrogens (tertiary/aromatic N) is 2. The van der Waals surface area contributed by atoms with Crippen molar-refractivity contribution in [1.29, 1.82) is 0 Å². The van der Waals surface area contributed by atoms with Gasteiger partial charge < -0.3 is 16.0 Å². The summed E-state index contributed by atoms with van der Waals surface area (Å²) < 4.78 is 0. The summed E-state index contributed by atoms with van der Waals surface area (Å²) in [6, 6.07) is 13.0. The number of H-pyrrole nitrogens is 1. The Morgan fingerprint density at radius 2 is 1.87 bits per heavy atom. The number of carbonyl (C=O) groups excluding carboxylic acids is 1. The summed E-state index contributed by atoms with van der Waals surface area (Å²) in [5.74, 6) is -0.723. The fourth-order valence-corrected chi connectivity index (χ4v) is 2.12. The predicted molar refractivity (Wildman–Crippen MR) is 86.3 cm³/mol. The van der Waals surface area contributed by atoms with Crippen LogP contribution in [0.3, 0.4) is 0 Å². The van der Waals surface area contributed by atoms with Crippen molar-refractivity contribution in [2.24, 2.45) is 5.73 Å². The zero-order valence-corrected chi connectivity index (χ0v) is 12.0. The van der Waals surface area contributed by atoms with Crippen molar-refractivity contribution in [3.05, 3.63) is 70.9 Å². The highest BCUT2D eigenvalue weighted by atomic mass is 16.2. The Bertz CT molecular complexity index is 888. The Balaban J connectivity index is 1.89. The second kappa shape index (κ2) is 6.10. The van der Waals surface area contributed by atoms with Gasteiger partial charge in [-0.15, -0.1) is 0 Å². The van der Waals surface area contributed by atoms with Crippen molar-refractivity contribution in [2.75, 3.05) is 5.32 Å². The lowest BCUT2D eigenvalue weighted by atomic mass is 10.1. The number of anilines is 2. The molecule has 4 N–H and O–H groups in total. The average molecular weight is 307 g/mol. The van der Waals surface area contributed by atoms with Gasteiger partial charge in [0.05, 0.1) is 12.0 Å². The van der Waals surface area contributed by atoms with Gasteiger partial charge in [0, 0.05) is 17.4 Å². The quantitative estimate of drug-likeness (QED) is 0.678. The molecular weight excluding hydrogens is 294 g/mol. The first-order valence-corrected chi connectivity index (χ1v) is 6.81. The first kappa shape index (κ1) is 14.5. The van der Waals surface area contributed by atoms with Crippen LogP contribution in [0.5, 0.6) is 0 Å². The third-order valence-electron chi connectivity index (χ3n) is 3.21. The molecule has 0 spiro atoms. The van der Waals surface area contributed by atoms with Crippen LogP contribution in [0.4, 0.5) is 11.5 Å². The van der Waals surface area contributed by atoms with Gasteiger partial charge in [-0.2, -0.15) is 0 Å². The van der Waals surface area contributed by atoms with Crippen molar-refractivity contribution in [3.8, 4) is 11.3 Å². The van der Waals surface area contributed by atoms with E-state index in [0.29, 0.717) is 5.69 Å². The molecule has 1 amide bonds. The van der Waals surface area contributed by atoms with Crippen LogP contribution >= 0.6 is 0 Å². The van der Waals surface area contributed by atoms with Gasteiger partial charge in [-0.3, -0.25) is 14.6 Å². The highest BCUT2D eigenvalue weighted by molar-refractivity contribution is 5.97. The monoisotopic (exact) mass is 307 g/mol. The molecule has 0 saturated heterocycles. The number of benzene rings is 1.